The Kier molecular flexibility index (Phi) is 4.74. The first-order valence-corrected chi connectivity index (χ1v) is 6.71. The zero-order valence-electron chi connectivity index (χ0n) is 11.3. The van der Waals surface area contributed by atoms with Crippen LogP contribution in [0.3, 0.4) is 0 Å². The Balaban J connectivity index is 2.33. The SMILES string of the molecule is CNC(=O)C1CNCCN1C(=O)c1cc(F)c(Cl)cc1F. The Morgan fingerprint density at radius 2 is 2.10 bits per heavy atom. The van der Waals surface area contributed by atoms with E-state index in [0.29, 0.717) is 6.54 Å². The normalized spacial score (nSPS) is 18.5. The fourth-order valence-electron chi connectivity index (χ4n) is 2.19. The van der Waals surface area contributed by atoms with Crippen LogP contribution < -0.4 is 10.6 Å². The average Bonchev–Trinajstić information content (AvgIpc) is 2.49. The molecule has 114 valence electrons. The molecule has 21 heavy (non-hydrogen) atoms. The predicted molar refractivity (Wildman–Crippen MR) is 73.1 cm³/mol. The fraction of sp³-hybridized carbons (Fsp3) is 0.385. The Labute approximate surface area is 125 Å². The van der Waals surface area contributed by atoms with Gasteiger partial charge < -0.3 is 15.5 Å². The minimum Gasteiger partial charge on any atom is -0.357 e. The third-order valence-corrected chi connectivity index (χ3v) is 3.58. The van der Waals surface area contributed by atoms with Crippen LogP contribution in [0.4, 0.5) is 8.78 Å². The lowest BCUT2D eigenvalue weighted by atomic mass is 10.1. The van der Waals surface area contributed by atoms with Crippen molar-refractivity contribution in [3.05, 3.63) is 34.4 Å². The molecular weight excluding hydrogens is 304 g/mol. The highest BCUT2D eigenvalue weighted by molar-refractivity contribution is 6.30. The molecule has 0 aliphatic carbocycles. The molecule has 0 spiro atoms. The van der Waals surface area contributed by atoms with E-state index in [2.05, 4.69) is 10.6 Å². The third kappa shape index (κ3) is 3.14. The van der Waals surface area contributed by atoms with Gasteiger partial charge in [0.2, 0.25) is 5.91 Å². The van der Waals surface area contributed by atoms with Gasteiger partial charge in [-0.15, -0.1) is 0 Å². The second-order valence-electron chi connectivity index (χ2n) is 4.58. The Morgan fingerprint density at radius 1 is 1.38 bits per heavy atom. The van der Waals surface area contributed by atoms with Gasteiger partial charge in [-0.3, -0.25) is 9.59 Å². The summed E-state index contributed by atoms with van der Waals surface area (Å²) < 4.78 is 27.3. The summed E-state index contributed by atoms with van der Waals surface area (Å²) in [6, 6.07) is 0.735. The number of carbonyl (C=O) groups is 2. The summed E-state index contributed by atoms with van der Waals surface area (Å²) in [5.41, 5.74) is -0.437. The number of piperazine rings is 1. The molecule has 2 rings (SSSR count). The number of rotatable bonds is 2. The Morgan fingerprint density at radius 3 is 2.76 bits per heavy atom. The van der Waals surface area contributed by atoms with Crippen molar-refractivity contribution < 1.29 is 18.4 Å². The zero-order valence-corrected chi connectivity index (χ0v) is 12.0. The summed E-state index contributed by atoms with van der Waals surface area (Å²) in [5, 5.41) is 5.03. The van der Waals surface area contributed by atoms with Crippen molar-refractivity contribution in [2.45, 2.75) is 6.04 Å². The van der Waals surface area contributed by atoms with Crippen molar-refractivity contribution in [1.82, 2.24) is 15.5 Å². The topological polar surface area (TPSA) is 61.4 Å². The first-order chi connectivity index (χ1) is 9.95. The van der Waals surface area contributed by atoms with Gasteiger partial charge in [0.05, 0.1) is 10.6 Å². The van der Waals surface area contributed by atoms with Gasteiger partial charge in [0.15, 0.2) is 0 Å². The van der Waals surface area contributed by atoms with Crippen LogP contribution in [0.25, 0.3) is 0 Å². The van der Waals surface area contributed by atoms with Crippen molar-refractivity contribution >= 4 is 23.4 Å². The molecule has 1 heterocycles. The fourth-order valence-corrected chi connectivity index (χ4v) is 2.34. The number of carbonyl (C=O) groups excluding carboxylic acids is 2. The van der Waals surface area contributed by atoms with Crippen LogP contribution in [0.5, 0.6) is 0 Å². The van der Waals surface area contributed by atoms with Crippen LogP contribution in [0, 0.1) is 11.6 Å². The molecule has 2 N–H and O–H groups in total. The van der Waals surface area contributed by atoms with Crippen LogP contribution in [0.15, 0.2) is 12.1 Å². The molecule has 1 aromatic rings. The number of hydrogen-bond acceptors (Lipinski definition) is 3. The maximum absolute atomic E-state index is 13.8. The lowest BCUT2D eigenvalue weighted by molar-refractivity contribution is -0.125. The standard InChI is InChI=1S/C13H14ClF2N3O2/c1-17-12(20)11-6-18-2-3-19(11)13(21)7-4-10(16)8(14)5-9(7)15/h4-5,11,18H,2-3,6H2,1H3,(H,17,20). The molecular formula is C13H14ClF2N3O2. The van der Waals surface area contributed by atoms with Crippen molar-refractivity contribution in [3.8, 4) is 0 Å². The third-order valence-electron chi connectivity index (χ3n) is 3.29. The highest BCUT2D eigenvalue weighted by Crippen LogP contribution is 2.21. The highest BCUT2D eigenvalue weighted by Gasteiger charge is 2.33. The minimum atomic E-state index is -0.916. The number of nitrogens with one attached hydrogen (secondary N) is 2. The number of likely N-dealkylation sites (N-methyl/N-ethyl adjacent to an activating group) is 1. The molecule has 1 unspecified atom stereocenters. The van der Waals surface area contributed by atoms with Crippen LogP contribution >= 0.6 is 11.6 Å². The first kappa shape index (κ1) is 15.7. The summed E-state index contributed by atoms with van der Waals surface area (Å²) in [4.78, 5) is 25.4. The molecule has 1 saturated heterocycles. The van der Waals surface area contributed by atoms with Gasteiger partial charge in [0.25, 0.3) is 5.91 Å². The molecule has 5 nitrogen and oxygen atoms in total. The van der Waals surface area contributed by atoms with E-state index >= 15 is 0 Å². The quantitative estimate of drug-likeness (QED) is 0.792. The molecule has 1 aromatic carbocycles. The predicted octanol–water partition coefficient (Wildman–Crippen LogP) is 0.778. The van der Waals surface area contributed by atoms with E-state index in [9.17, 15) is 18.4 Å². The second-order valence-corrected chi connectivity index (χ2v) is 4.99. The monoisotopic (exact) mass is 317 g/mol. The summed E-state index contributed by atoms with van der Waals surface area (Å²) in [6.07, 6.45) is 0. The highest BCUT2D eigenvalue weighted by atomic mass is 35.5. The van der Waals surface area contributed by atoms with Gasteiger partial charge >= 0.3 is 0 Å². The van der Waals surface area contributed by atoms with Crippen LogP contribution in [0.1, 0.15) is 10.4 Å². The number of nitrogens with zero attached hydrogens (tertiary/aromatic N) is 1. The zero-order chi connectivity index (χ0) is 15.6. The smallest absolute Gasteiger partial charge is 0.257 e. The van der Waals surface area contributed by atoms with E-state index in [1.807, 2.05) is 0 Å². The number of hydrogen-bond donors (Lipinski definition) is 2. The molecule has 1 aliphatic heterocycles. The number of benzene rings is 1. The lowest BCUT2D eigenvalue weighted by Gasteiger charge is -2.35. The van der Waals surface area contributed by atoms with E-state index in [-0.39, 0.29) is 19.0 Å². The number of halogens is 3. The molecule has 1 aliphatic rings. The van der Waals surface area contributed by atoms with Crippen molar-refractivity contribution in [2.24, 2.45) is 0 Å². The molecule has 0 aromatic heterocycles. The molecule has 0 bridgehead atoms. The van der Waals surface area contributed by atoms with E-state index < -0.39 is 34.2 Å². The summed E-state index contributed by atoms with van der Waals surface area (Å²) in [6.45, 7) is 0.945. The van der Waals surface area contributed by atoms with Gasteiger partial charge in [-0.05, 0) is 12.1 Å². The molecule has 2 amide bonds. The summed E-state index contributed by atoms with van der Waals surface area (Å²) in [5.74, 6) is -2.91. The maximum Gasteiger partial charge on any atom is 0.257 e. The first-order valence-electron chi connectivity index (χ1n) is 6.33. The maximum atomic E-state index is 13.8. The molecule has 1 atom stereocenters. The van der Waals surface area contributed by atoms with Gasteiger partial charge in [-0.25, -0.2) is 8.78 Å². The van der Waals surface area contributed by atoms with Crippen molar-refractivity contribution in [1.29, 1.82) is 0 Å². The molecule has 8 heteroatoms. The molecule has 0 saturated carbocycles. The van der Waals surface area contributed by atoms with Crippen molar-refractivity contribution in [3.63, 3.8) is 0 Å². The van der Waals surface area contributed by atoms with Crippen LogP contribution in [-0.2, 0) is 4.79 Å². The molecule has 0 radical (unpaired) electrons. The van der Waals surface area contributed by atoms with Gasteiger partial charge in [-0.2, -0.15) is 0 Å². The van der Waals surface area contributed by atoms with E-state index in [0.717, 1.165) is 12.1 Å². The average molecular weight is 318 g/mol. The summed E-state index contributed by atoms with van der Waals surface area (Å²) >= 11 is 5.46. The van der Waals surface area contributed by atoms with Gasteiger partial charge in [0.1, 0.15) is 17.7 Å². The van der Waals surface area contributed by atoms with Gasteiger partial charge in [-0.1, -0.05) is 11.6 Å². The second kappa shape index (κ2) is 6.36. The van der Waals surface area contributed by atoms with E-state index in [1.54, 1.807) is 0 Å². The Bertz CT molecular complexity index is 583. The lowest BCUT2D eigenvalue weighted by Crippen LogP contribution is -2.59. The number of amides is 2. The minimum absolute atomic E-state index is 0.223. The van der Waals surface area contributed by atoms with Crippen molar-refractivity contribution in [2.75, 3.05) is 26.7 Å². The van der Waals surface area contributed by atoms with E-state index in [4.69, 9.17) is 11.6 Å². The van der Waals surface area contributed by atoms with Gasteiger partial charge in [0, 0.05) is 26.7 Å². The largest absolute Gasteiger partial charge is 0.357 e. The van der Waals surface area contributed by atoms with Crippen LogP contribution in [0.2, 0.25) is 5.02 Å². The van der Waals surface area contributed by atoms with Crippen LogP contribution in [-0.4, -0.2) is 49.4 Å². The summed E-state index contributed by atoms with van der Waals surface area (Å²) in [7, 11) is 1.45. The molecule has 1 fully saturated rings. The Hall–Kier alpha value is -1.73. The van der Waals surface area contributed by atoms with E-state index in [1.165, 1.54) is 11.9 Å².